The number of ether oxygens (including phenoxy) is 1. The molecule has 0 radical (unpaired) electrons. The Kier molecular flexibility index (Phi) is 11.2. The van der Waals surface area contributed by atoms with Gasteiger partial charge in [0.05, 0.1) is 0 Å². The van der Waals surface area contributed by atoms with Crippen LogP contribution in [-0.4, -0.2) is 46.5 Å². The topological polar surface area (TPSA) is 87.7 Å². The number of amides is 3. The summed E-state index contributed by atoms with van der Waals surface area (Å²) in [6, 6.07) is 15.5. The van der Waals surface area contributed by atoms with Crippen LogP contribution in [0.2, 0.25) is 0 Å². The molecule has 40 heavy (non-hydrogen) atoms. The number of hydrogen-bond donors (Lipinski definition) is 2. The minimum atomic E-state index is -0.915. The summed E-state index contributed by atoms with van der Waals surface area (Å²) in [5, 5.41) is 6.09. The second kappa shape index (κ2) is 14.3. The third-order valence-corrected chi connectivity index (χ3v) is 7.46. The molecule has 0 aromatic heterocycles. The second-order valence-electron chi connectivity index (χ2n) is 12.0. The van der Waals surface area contributed by atoms with E-state index < -0.39 is 23.8 Å². The maximum Gasteiger partial charge on any atom is 0.408 e. The fourth-order valence-corrected chi connectivity index (χ4v) is 5.19. The molecule has 1 saturated carbocycles. The van der Waals surface area contributed by atoms with Gasteiger partial charge in [-0.15, -0.1) is 0 Å². The van der Waals surface area contributed by atoms with E-state index in [-0.39, 0.29) is 30.3 Å². The van der Waals surface area contributed by atoms with Gasteiger partial charge >= 0.3 is 6.09 Å². The van der Waals surface area contributed by atoms with E-state index in [1.807, 2.05) is 75.4 Å². The van der Waals surface area contributed by atoms with Crippen LogP contribution < -0.4 is 10.6 Å². The normalized spacial score (nSPS) is 16.4. The molecule has 0 aliphatic heterocycles. The molecule has 0 heterocycles. The van der Waals surface area contributed by atoms with Crippen LogP contribution in [0.1, 0.15) is 95.9 Å². The number of nitrogens with zero attached hydrogens (tertiary/aromatic N) is 1. The quantitative estimate of drug-likeness (QED) is 0.367. The van der Waals surface area contributed by atoms with Crippen molar-refractivity contribution in [2.75, 3.05) is 0 Å². The van der Waals surface area contributed by atoms with Crippen molar-refractivity contribution in [2.45, 2.75) is 116 Å². The summed E-state index contributed by atoms with van der Waals surface area (Å²) in [5.74, 6) is -0.492. The lowest BCUT2D eigenvalue weighted by Gasteiger charge is -2.39. The summed E-state index contributed by atoms with van der Waals surface area (Å²) < 4.78 is 5.53. The molecule has 218 valence electrons. The molecule has 3 atom stereocenters. The van der Waals surface area contributed by atoms with E-state index in [1.54, 1.807) is 25.7 Å². The lowest BCUT2D eigenvalue weighted by molar-refractivity contribution is -0.145. The van der Waals surface area contributed by atoms with E-state index in [4.69, 9.17) is 4.74 Å². The van der Waals surface area contributed by atoms with Gasteiger partial charge < -0.3 is 20.3 Å². The van der Waals surface area contributed by atoms with Gasteiger partial charge in [0.15, 0.2) is 0 Å². The zero-order valence-corrected chi connectivity index (χ0v) is 25.0. The number of hydrogen-bond acceptors (Lipinski definition) is 4. The maximum absolute atomic E-state index is 14.5. The SMILES string of the molecule is CCC(C)N(C(=O)C(Cc1ccccc1)NC(=O)OC(C)(C)C)C(C(=O)NC1CCCCC1)c1ccc(C)cc1. The Balaban J connectivity index is 2.02. The van der Waals surface area contributed by atoms with Crippen molar-refractivity contribution in [1.29, 1.82) is 0 Å². The zero-order chi connectivity index (χ0) is 29.3. The van der Waals surface area contributed by atoms with E-state index in [2.05, 4.69) is 10.6 Å². The Labute approximate surface area is 240 Å². The van der Waals surface area contributed by atoms with Gasteiger partial charge in [0.1, 0.15) is 17.7 Å². The Hall–Kier alpha value is -3.35. The highest BCUT2D eigenvalue weighted by Crippen LogP contribution is 2.28. The fourth-order valence-electron chi connectivity index (χ4n) is 5.19. The van der Waals surface area contributed by atoms with E-state index in [0.717, 1.165) is 42.4 Å². The highest BCUT2D eigenvalue weighted by molar-refractivity contribution is 5.92. The standard InChI is InChI=1S/C33H47N3O4/c1-7-24(3)36(29(26-20-18-23(2)19-21-26)30(37)34-27-16-12-9-13-17-27)31(38)28(22-25-14-10-8-11-15-25)35-32(39)40-33(4,5)6/h8,10-11,14-15,18-21,24,27-29H,7,9,12-13,16-17,22H2,1-6H3,(H,34,37)(H,35,39). The number of aryl methyl sites for hydroxylation is 1. The molecule has 7 heteroatoms. The summed E-state index contributed by atoms with van der Waals surface area (Å²) in [7, 11) is 0. The summed E-state index contributed by atoms with van der Waals surface area (Å²) in [6.45, 7) is 11.3. The Morgan fingerprint density at radius 3 is 2.17 bits per heavy atom. The van der Waals surface area contributed by atoms with Crippen LogP contribution in [-0.2, 0) is 20.7 Å². The van der Waals surface area contributed by atoms with E-state index in [9.17, 15) is 14.4 Å². The monoisotopic (exact) mass is 549 g/mol. The molecule has 3 unspecified atom stereocenters. The number of rotatable bonds is 10. The van der Waals surface area contributed by atoms with Gasteiger partial charge in [0.2, 0.25) is 11.8 Å². The third-order valence-electron chi connectivity index (χ3n) is 7.46. The van der Waals surface area contributed by atoms with Gasteiger partial charge in [-0.25, -0.2) is 4.79 Å². The van der Waals surface area contributed by atoms with Gasteiger partial charge in [0.25, 0.3) is 0 Å². The molecule has 7 nitrogen and oxygen atoms in total. The van der Waals surface area contributed by atoms with Crippen LogP contribution in [0.5, 0.6) is 0 Å². The first-order valence-electron chi connectivity index (χ1n) is 14.7. The first-order valence-corrected chi connectivity index (χ1v) is 14.7. The van der Waals surface area contributed by atoms with Crippen LogP contribution in [0, 0.1) is 6.92 Å². The fraction of sp³-hybridized carbons (Fsp3) is 0.545. The first kappa shape index (κ1) is 31.2. The Morgan fingerprint density at radius 1 is 0.975 bits per heavy atom. The molecule has 2 N–H and O–H groups in total. The smallest absolute Gasteiger partial charge is 0.408 e. The van der Waals surface area contributed by atoms with Gasteiger partial charge in [0, 0.05) is 18.5 Å². The Bertz CT molecular complexity index is 1100. The zero-order valence-electron chi connectivity index (χ0n) is 25.0. The van der Waals surface area contributed by atoms with E-state index in [0.29, 0.717) is 6.42 Å². The van der Waals surface area contributed by atoms with Crippen molar-refractivity contribution in [3.8, 4) is 0 Å². The highest BCUT2D eigenvalue weighted by atomic mass is 16.6. The van der Waals surface area contributed by atoms with Crippen molar-refractivity contribution in [2.24, 2.45) is 0 Å². The molecule has 2 aromatic carbocycles. The summed E-state index contributed by atoms with van der Waals surface area (Å²) in [4.78, 5) is 43.1. The number of nitrogens with one attached hydrogen (secondary N) is 2. The van der Waals surface area contributed by atoms with Crippen LogP contribution >= 0.6 is 0 Å². The number of carbonyl (C=O) groups excluding carboxylic acids is 3. The lowest BCUT2D eigenvalue weighted by Crippen LogP contribution is -2.56. The van der Waals surface area contributed by atoms with E-state index in [1.165, 1.54) is 6.42 Å². The summed E-state index contributed by atoms with van der Waals surface area (Å²) in [5.41, 5.74) is 2.01. The predicted molar refractivity (Wildman–Crippen MR) is 159 cm³/mol. The molecule has 0 saturated heterocycles. The third kappa shape index (κ3) is 9.10. The first-order chi connectivity index (χ1) is 19.0. The number of alkyl carbamates (subject to hydrolysis) is 1. The van der Waals surface area contributed by atoms with Crippen LogP contribution in [0.4, 0.5) is 4.79 Å². The minimum Gasteiger partial charge on any atom is -0.444 e. The van der Waals surface area contributed by atoms with Gasteiger partial charge in [-0.05, 0) is 65.0 Å². The molecule has 0 bridgehead atoms. The average Bonchev–Trinajstić information content (AvgIpc) is 2.91. The van der Waals surface area contributed by atoms with Crippen LogP contribution in [0.3, 0.4) is 0 Å². The molecule has 1 aliphatic rings. The molecule has 1 fully saturated rings. The molecule has 2 aromatic rings. The predicted octanol–water partition coefficient (Wildman–Crippen LogP) is 6.25. The molecular weight excluding hydrogens is 502 g/mol. The minimum absolute atomic E-state index is 0.100. The summed E-state index contributed by atoms with van der Waals surface area (Å²) in [6.07, 6.45) is 5.51. The van der Waals surface area contributed by atoms with E-state index >= 15 is 0 Å². The van der Waals surface area contributed by atoms with Crippen LogP contribution in [0.15, 0.2) is 54.6 Å². The molecule has 0 spiro atoms. The molecule has 3 amide bonds. The largest absolute Gasteiger partial charge is 0.444 e. The molecule has 3 rings (SSSR count). The van der Waals surface area contributed by atoms with Crippen LogP contribution in [0.25, 0.3) is 0 Å². The van der Waals surface area contributed by atoms with Crippen molar-refractivity contribution < 1.29 is 19.1 Å². The molecule has 1 aliphatic carbocycles. The summed E-state index contributed by atoms with van der Waals surface area (Å²) >= 11 is 0. The number of benzene rings is 2. The average molecular weight is 550 g/mol. The lowest BCUT2D eigenvalue weighted by atomic mass is 9.93. The van der Waals surface area contributed by atoms with Gasteiger partial charge in [-0.3, -0.25) is 9.59 Å². The highest BCUT2D eigenvalue weighted by Gasteiger charge is 2.39. The van der Waals surface area contributed by atoms with Crippen molar-refractivity contribution in [3.05, 3.63) is 71.3 Å². The van der Waals surface area contributed by atoms with Gasteiger partial charge in [-0.2, -0.15) is 0 Å². The van der Waals surface area contributed by atoms with Crippen molar-refractivity contribution in [1.82, 2.24) is 15.5 Å². The number of carbonyl (C=O) groups is 3. The van der Waals surface area contributed by atoms with Crippen molar-refractivity contribution in [3.63, 3.8) is 0 Å². The second-order valence-corrected chi connectivity index (χ2v) is 12.0. The maximum atomic E-state index is 14.5. The Morgan fingerprint density at radius 2 is 1.60 bits per heavy atom. The van der Waals surface area contributed by atoms with Gasteiger partial charge in [-0.1, -0.05) is 86.3 Å². The molecular formula is C33H47N3O4. The van der Waals surface area contributed by atoms with Crippen molar-refractivity contribution >= 4 is 17.9 Å².